The number of aliphatic hydroxyl groups excluding tert-OH is 1. The van der Waals surface area contributed by atoms with Gasteiger partial charge in [0.15, 0.2) is 0 Å². The van der Waals surface area contributed by atoms with E-state index in [1.54, 1.807) is 0 Å². The largest absolute Gasteiger partial charge is 0.396 e. The fraction of sp³-hybridized carbons (Fsp3) is 0.500. The third kappa shape index (κ3) is 4.47. The van der Waals surface area contributed by atoms with E-state index in [4.69, 9.17) is 16.2 Å². The number of nitrogens with one attached hydrogen (secondary N) is 1. The highest BCUT2D eigenvalue weighted by molar-refractivity contribution is 5.77. The Labute approximate surface area is 109 Å². The van der Waals surface area contributed by atoms with Gasteiger partial charge in [0.25, 0.3) is 0 Å². The average molecular weight is 249 g/mol. The minimum atomic E-state index is 0.125. The van der Waals surface area contributed by atoms with Gasteiger partial charge in [-0.1, -0.05) is 37.3 Å². The summed E-state index contributed by atoms with van der Waals surface area (Å²) in [6, 6.07) is 10.2. The summed E-state index contributed by atoms with van der Waals surface area (Å²) in [7, 11) is 0. The molecule has 0 fully saturated rings. The fourth-order valence-corrected chi connectivity index (χ4v) is 2.15. The molecule has 0 spiro atoms. The van der Waals surface area contributed by atoms with Crippen LogP contribution in [-0.4, -0.2) is 35.5 Å². The molecule has 0 amide bonds. The van der Waals surface area contributed by atoms with Crippen LogP contribution in [0.1, 0.15) is 31.4 Å². The van der Waals surface area contributed by atoms with Gasteiger partial charge in [0.1, 0.15) is 0 Å². The second-order valence-corrected chi connectivity index (χ2v) is 4.36. The van der Waals surface area contributed by atoms with Gasteiger partial charge in [-0.15, -0.1) is 0 Å². The molecule has 0 aliphatic rings. The second kappa shape index (κ2) is 7.84. The fourth-order valence-electron chi connectivity index (χ4n) is 2.15. The zero-order valence-electron chi connectivity index (χ0n) is 11.0. The Hall–Kier alpha value is -1.39. The molecule has 1 atom stereocenters. The van der Waals surface area contributed by atoms with E-state index in [0.717, 1.165) is 19.5 Å². The van der Waals surface area contributed by atoms with E-state index in [2.05, 4.69) is 24.0 Å². The summed E-state index contributed by atoms with van der Waals surface area (Å²) in [6.07, 6.45) is 1.28. The smallest absolute Gasteiger partial charge is 0.0924 e. The first-order valence-corrected chi connectivity index (χ1v) is 6.41. The van der Waals surface area contributed by atoms with Crippen molar-refractivity contribution in [3.63, 3.8) is 0 Å². The number of amidine groups is 1. The van der Waals surface area contributed by atoms with Crippen molar-refractivity contribution in [2.24, 2.45) is 5.73 Å². The van der Waals surface area contributed by atoms with Crippen molar-refractivity contribution in [3.05, 3.63) is 35.9 Å². The number of rotatable bonds is 8. The van der Waals surface area contributed by atoms with Crippen molar-refractivity contribution in [2.45, 2.75) is 25.8 Å². The molecule has 1 rings (SSSR count). The molecular formula is C14H23N3O. The summed E-state index contributed by atoms with van der Waals surface area (Å²) in [5.74, 6) is 0.200. The Kier molecular flexibility index (Phi) is 6.39. The Morgan fingerprint density at radius 1 is 1.39 bits per heavy atom. The van der Waals surface area contributed by atoms with Gasteiger partial charge in [-0.05, 0) is 18.5 Å². The first kappa shape index (κ1) is 14.7. The van der Waals surface area contributed by atoms with Gasteiger partial charge in [-0.2, -0.15) is 0 Å². The van der Waals surface area contributed by atoms with E-state index < -0.39 is 0 Å². The Morgan fingerprint density at radius 2 is 2.06 bits per heavy atom. The third-order valence-corrected chi connectivity index (χ3v) is 3.05. The van der Waals surface area contributed by atoms with Gasteiger partial charge in [0.05, 0.1) is 5.84 Å². The Morgan fingerprint density at radius 3 is 2.56 bits per heavy atom. The topological polar surface area (TPSA) is 73.3 Å². The zero-order valence-corrected chi connectivity index (χ0v) is 11.0. The number of nitrogens with two attached hydrogens (primary N) is 1. The summed E-state index contributed by atoms with van der Waals surface area (Å²) in [5, 5.41) is 16.5. The van der Waals surface area contributed by atoms with Crippen LogP contribution in [0.2, 0.25) is 0 Å². The average Bonchev–Trinajstić information content (AvgIpc) is 2.39. The quantitative estimate of drug-likeness (QED) is 0.485. The van der Waals surface area contributed by atoms with Crippen molar-refractivity contribution in [2.75, 3.05) is 19.7 Å². The molecule has 0 aromatic heterocycles. The molecular weight excluding hydrogens is 226 g/mol. The molecule has 0 heterocycles. The van der Waals surface area contributed by atoms with E-state index >= 15 is 0 Å². The molecule has 0 saturated carbocycles. The normalized spacial score (nSPS) is 12.6. The number of nitrogens with zero attached hydrogens (tertiary/aromatic N) is 1. The van der Waals surface area contributed by atoms with Crippen LogP contribution in [0, 0.1) is 5.41 Å². The van der Waals surface area contributed by atoms with Crippen molar-refractivity contribution >= 4 is 5.84 Å². The minimum absolute atomic E-state index is 0.125. The maximum absolute atomic E-state index is 8.95. The van der Waals surface area contributed by atoms with E-state index in [9.17, 15) is 0 Å². The Balaban J connectivity index is 2.85. The molecule has 1 aromatic carbocycles. The summed E-state index contributed by atoms with van der Waals surface area (Å²) in [4.78, 5) is 2.26. The molecule has 1 aromatic rings. The highest BCUT2D eigenvalue weighted by Crippen LogP contribution is 2.24. The first-order chi connectivity index (χ1) is 8.69. The van der Waals surface area contributed by atoms with Crippen molar-refractivity contribution in [1.82, 2.24) is 4.90 Å². The number of benzene rings is 1. The summed E-state index contributed by atoms with van der Waals surface area (Å²) in [6.45, 7) is 3.98. The van der Waals surface area contributed by atoms with Crippen LogP contribution in [0.4, 0.5) is 0 Å². The molecule has 0 aliphatic heterocycles. The third-order valence-electron chi connectivity index (χ3n) is 3.05. The lowest BCUT2D eigenvalue weighted by molar-refractivity contribution is 0.184. The number of aliphatic hydroxyl groups is 1. The van der Waals surface area contributed by atoms with E-state index in [0.29, 0.717) is 6.42 Å². The standard InChI is InChI=1S/C14H23N3O/c1-2-17(9-6-10-18)13(11-14(15)16)12-7-4-3-5-8-12/h3-5,7-8,13,18H,2,6,9-11H2,1H3,(H3,15,16). The van der Waals surface area contributed by atoms with E-state index in [1.807, 2.05) is 18.2 Å². The summed E-state index contributed by atoms with van der Waals surface area (Å²) in [5.41, 5.74) is 6.73. The molecule has 1 unspecified atom stereocenters. The van der Waals surface area contributed by atoms with Gasteiger partial charge in [-0.25, -0.2) is 0 Å². The monoisotopic (exact) mass is 249 g/mol. The van der Waals surface area contributed by atoms with Gasteiger partial charge >= 0.3 is 0 Å². The maximum Gasteiger partial charge on any atom is 0.0924 e. The zero-order chi connectivity index (χ0) is 13.4. The van der Waals surface area contributed by atoms with Crippen LogP contribution in [0.5, 0.6) is 0 Å². The van der Waals surface area contributed by atoms with Crippen LogP contribution < -0.4 is 5.73 Å². The second-order valence-electron chi connectivity index (χ2n) is 4.36. The number of hydrogen-bond acceptors (Lipinski definition) is 3. The SMILES string of the molecule is CCN(CCCO)C(CC(=N)N)c1ccccc1. The van der Waals surface area contributed by atoms with Crippen LogP contribution in [0.3, 0.4) is 0 Å². The van der Waals surface area contributed by atoms with Crippen molar-refractivity contribution in [1.29, 1.82) is 5.41 Å². The maximum atomic E-state index is 8.95. The lowest BCUT2D eigenvalue weighted by atomic mass is 10.0. The predicted molar refractivity (Wildman–Crippen MR) is 74.7 cm³/mol. The highest BCUT2D eigenvalue weighted by atomic mass is 16.3. The van der Waals surface area contributed by atoms with Crippen molar-refractivity contribution < 1.29 is 5.11 Å². The lowest BCUT2D eigenvalue weighted by Gasteiger charge is -2.30. The minimum Gasteiger partial charge on any atom is -0.396 e. The molecule has 100 valence electrons. The molecule has 0 radical (unpaired) electrons. The number of hydrogen-bond donors (Lipinski definition) is 3. The molecule has 0 saturated heterocycles. The van der Waals surface area contributed by atoms with Gasteiger partial charge in [0, 0.05) is 25.6 Å². The molecule has 4 nitrogen and oxygen atoms in total. The molecule has 18 heavy (non-hydrogen) atoms. The molecule has 0 bridgehead atoms. The van der Waals surface area contributed by atoms with Crippen LogP contribution in [0.15, 0.2) is 30.3 Å². The van der Waals surface area contributed by atoms with Crippen LogP contribution in [0.25, 0.3) is 0 Å². The molecule has 4 N–H and O–H groups in total. The van der Waals surface area contributed by atoms with E-state index in [1.165, 1.54) is 5.56 Å². The molecule has 0 aliphatic carbocycles. The van der Waals surface area contributed by atoms with Gasteiger partial charge < -0.3 is 10.8 Å². The van der Waals surface area contributed by atoms with Gasteiger partial charge in [-0.3, -0.25) is 10.3 Å². The highest BCUT2D eigenvalue weighted by Gasteiger charge is 2.19. The Bertz CT molecular complexity index is 353. The van der Waals surface area contributed by atoms with Gasteiger partial charge in [0.2, 0.25) is 0 Å². The predicted octanol–water partition coefficient (Wildman–Crippen LogP) is 1.76. The van der Waals surface area contributed by atoms with E-state index in [-0.39, 0.29) is 18.5 Å². The molecule has 4 heteroatoms. The summed E-state index contributed by atoms with van der Waals surface area (Å²) >= 11 is 0. The van der Waals surface area contributed by atoms with Crippen molar-refractivity contribution in [3.8, 4) is 0 Å². The van der Waals surface area contributed by atoms with Crippen LogP contribution >= 0.6 is 0 Å². The lowest BCUT2D eigenvalue weighted by Crippen LogP contribution is -2.33. The summed E-state index contributed by atoms with van der Waals surface area (Å²) < 4.78 is 0. The first-order valence-electron chi connectivity index (χ1n) is 6.41. The van der Waals surface area contributed by atoms with Crippen LogP contribution in [-0.2, 0) is 0 Å².